The lowest BCUT2D eigenvalue weighted by atomic mass is 10.0. The molecule has 0 heterocycles. The zero-order valence-electron chi connectivity index (χ0n) is 11.0. The Kier molecular flexibility index (Phi) is 4.99. The van der Waals surface area contributed by atoms with Crippen molar-refractivity contribution in [2.24, 2.45) is 5.73 Å². The topological polar surface area (TPSA) is 161 Å². The van der Waals surface area contributed by atoms with E-state index < -0.39 is 45.0 Å². The summed E-state index contributed by atoms with van der Waals surface area (Å²) in [5, 5.41) is 30.4. The van der Waals surface area contributed by atoms with Crippen LogP contribution in [0.15, 0.2) is 23.1 Å². The molecule has 0 saturated carbocycles. The van der Waals surface area contributed by atoms with Gasteiger partial charge in [0.25, 0.3) is 5.69 Å². The SMILES string of the molecule is CS(=O)(=O)c1ccc(C(O)C(O)CC(N)=O)c([N+](=O)[O-])c1. The first-order valence-electron chi connectivity index (χ1n) is 5.67. The third-order valence-corrected chi connectivity index (χ3v) is 3.83. The second-order valence-corrected chi connectivity index (χ2v) is 6.45. The molecule has 2 atom stereocenters. The monoisotopic (exact) mass is 318 g/mol. The fraction of sp³-hybridized carbons (Fsp3) is 0.364. The first-order chi connectivity index (χ1) is 9.54. The molecule has 1 aromatic rings. The molecule has 1 aromatic carbocycles. The maximum Gasteiger partial charge on any atom is 0.276 e. The minimum Gasteiger partial charge on any atom is -0.390 e. The first kappa shape index (κ1) is 17.0. The van der Waals surface area contributed by atoms with Gasteiger partial charge < -0.3 is 15.9 Å². The summed E-state index contributed by atoms with van der Waals surface area (Å²) in [6.07, 6.45) is -3.09. The molecule has 9 nitrogen and oxygen atoms in total. The molecule has 0 fully saturated rings. The molecule has 116 valence electrons. The Morgan fingerprint density at radius 3 is 2.43 bits per heavy atom. The fourth-order valence-corrected chi connectivity index (χ4v) is 2.33. The zero-order chi connectivity index (χ0) is 16.4. The molecular weight excluding hydrogens is 304 g/mol. The van der Waals surface area contributed by atoms with Crippen molar-refractivity contribution in [1.29, 1.82) is 0 Å². The number of amides is 1. The van der Waals surface area contributed by atoms with Crippen LogP contribution in [0.25, 0.3) is 0 Å². The number of nitrogens with zero attached hydrogens (tertiary/aromatic N) is 1. The van der Waals surface area contributed by atoms with Gasteiger partial charge in [-0.15, -0.1) is 0 Å². The van der Waals surface area contributed by atoms with Gasteiger partial charge in [0, 0.05) is 12.3 Å². The van der Waals surface area contributed by atoms with Gasteiger partial charge in [0.1, 0.15) is 6.10 Å². The van der Waals surface area contributed by atoms with Crippen molar-refractivity contribution in [3.05, 3.63) is 33.9 Å². The van der Waals surface area contributed by atoms with Crippen LogP contribution in [0.2, 0.25) is 0 Å². The highest BCUT2D eigenvalue weighted by atomic mass is 32.2. The maximum atomic E-state index is 11.4. The Morgan fingerprint density at radius 2 is 2.00 bits per heavy atom. The van der Waals surface area contributed by atoms with E-state index in [-0.39, 0.29) is 10.5 Å². The molecule has 0 bridgehead atoms. The van der Waals surface area contributed by atoms with Crippen molar-refractivity contribution in [2.75, 3.05) is 6.26 Å². The minimum absolute atomic E-state index is 0.297. The molecule has 2 unspecified atom stereocenters. The molecule has 0 aromatic heterocycles. The van der Waals surface area contributed by atoms with E-state index in [1.54, 1.807) is 0 Å². The Morgan fingerprint density at radius 1 is 1.43 bits per heavy atom. The molecule has 0 saturated heterocycles. The lowest BCUT2D eigenvalue weighted by Gasteiger charge is -2.17. The second-order valence-electron chi connectivity index (χ2n) is 4.43. The summed E-state index contributed by atoms with van der Waals surface area (Å²) in [6, 6.07) is 2.87. The van der Waals surface area contributed by atoms with E-state index in [2.05, 4.69) is 0 Å². The summed E-state index contributed by atoms with van der Waals surface area (Å²) >= 11 is 0. The van der Waals surface area contributed by atoms with Gasteiger partial charge in [-0.25, -0.2) is 8.42 Å². The van der Waals surface area contributed by atoms with Gasteiger partial charge >= 0.3 is 0 Å². The van der Waals surface area contributed by atoms with Crippen LogP contribution in [0.5, 0.6) is 0 Å². The number of hydrogen-bond donors (Lipinski definition) is 3. The predicted molar refractivity (Wildman–Crippen MR) is 71.0 cm³/mol. The number of aliphatic hydroxyl groups excluding tert-OH is 2. The van der Waals surface area contributed by atoms with Crippen LogP contribution in [0.1, 0.15) is 18.1 Å². The third-order valence-electron chi connectivity index (χ3n) is 2.72. The van der Waals surface area contributed by atoms with Gasteiger partial charge in [0.2, 0.25) is 5.91 Å². The number of nitro benzene ring substituents is 1. The van der Waals surface area contributed by atoms with Crippen LogP contribution in [0.3, 0.4) is 0 Å². The van der Waals surface area contributed by atoms with Crippen molar-refractivity contribution in [3.8, 4) is 0 Å². The number of sulfone groups is 1. The average molecular weight is 318 g/mol. The number of aliphatic hydroxyl groups is 2. The molecule has 4 N–H and O–H groups in total. The van der Waals surface area contributed by atoms with Gasteiger partial charge in [-0.2, -0.15) is 0 Å². The van der Waals surface area contributed by atoms with Crippen LogP contribution in [0.4, 0.5) is 5.69 Å². The molecule has 21 heavy (non-hydrogen) atoms. The number of benzene rings is 1. The van der Waals surface area contributed by atoms with Crippen LogP contribution in [-0.2, 0) is 14.6 Å². The van der Waals surface area contributed by atoms with E-state index in [9.17, 15) is 33.5 Å². The average Bonchev–Trinajstić information content (AvgIpc) is 2.35. The minimum atomic E-state index is -3.66. The van der Waals surface area contributed by atoms with E-state index in [0.717, 1.165) is 24.5 Å². The summed E-state index contributed by atoms with van der Waals surface area (Å²) in [5.74, 6) is -0.892. The highest BCUT2D eigenvalue weighted by Gasteiger charge is 2.28. The quantitative estimate of drug-likeness (QED) is 0.460. The van der Waals surface area contributed by atoms with Crippen molar-refractivity contribution in [3.63, 3.8) is 0 Å². The van der Waals surface area contributed by atoms with Crippen molar-refractivity contribution in [1.82, 2.24) is 0 Å². The Hall–Kier alpha value is -2.04. The number of carbonyl (C=O) groups excluding carboxylic acids is 1. The van der Waals surface area contributed by atoms with Gasteiger partial charge in [-0.05, 0) is 12.1 Å². The Labute approximate surface area is 120 Å². The van der Waals surface area contributed by atoms with E-state index in [0.29, 0.717) is 0 Å². The maximum absolute atomic E-state index is 11.4. The molecule has 0 spiro atoms. The lowest BCUT2D eigenvalue weighted by Crippen LogP contribution is -2.26. The van der Waals surface area contributed by atoms with Gasteiger partial charge in [-0.1, -0.05) is 0 Å². The number of rotatable bonds is 6. The molecule has 1 amide bonds. The van der Waals surface area contributed by atoms with Crippen LogP contribution >= 0.6 is 0 Å². The highest BCUT2D eigenvalue weighted by molar-refractivity contribution is 7.90. The van der Waals surface area contributed by atoms with Crippen molar-refractivity contribution >= 4 is 21.4 Å². The third kappa shape index (κ3) is 4.21. The number of nitro groups is 1. The molecule has 0 aliphatic carbocycles. The second kappa shape index (κ2) is 6.16. The first-order valence-corrected chi connectivity index (χ1v) is 7.56. The van der Waals surface area contributed by atoms with E-state index in [4.69, 9.17) is 5.73 Å². The Bertz CT molecular complexity index is 671. The van der Waals surface area contributed by atoms with Crippen LogP contribution < -0.4 is 5.73 Å². The van der Waals surface area contributed by atoms with Gasteiger partial charge in [0.15, 0.2) is 9.84 Å². The smallest absolute Gasteiger partial charge is 0.276 e. The molecular formula is C11H14N2O7S. The van der Waals surface area contributed by atoms with E-state index >= 15 is 0 Å². The van der Waals surface area contributed by atoms with Gasteiger partial charge in [-0.3, -0.25) is 14.9 Å². The summed E-state index contributed by atoms with van der Waals surface area (Å²) in [4.78, 5) is 20.5. The summed E-state index contributed by atoms with van der Waals surface area (Å²) in [5.41, 5.74) is 3.89. The fourth-order valence-electron chi connectivity index (χ4n) is 1.69. The number of carbonyl (C=O) groups is 1. The summed E-state index contributed by atoms with van der Waals surface area (Å²) in [7, 11) is -3.66. The van der Waals surface area contributed by atoms with Gasteiger partial charge in [0.05, 0.1) is 27.9 Å². The normalized spacial score (nSPS) is 14.4. The molecule has 0 aliphatic rings. The largest absolute Gasteiger partial charge is 0.390 e. The van der Waals surface area contributed by atoms with Crippen LogP contribution in [-0.4, -0.2) is 41.8 Å². The van der Waals surface area contributed by atoms with Crippen molar-refractivity contribution < 1.29 is 28.3 Å². The summed E-state index contributed by atoms with van der Waals surface area (Å²) in [6.45, 7) is 0. The van der Waals surface area contributed by atoms with Crippen molar-refractivity contribution in [2.45, 2.75) is 23.5 Å². The van der Waals surface area contributed by atoms with Crippen LogP contribution in [0, 0.1) is 10.1 Å². The zero-order valence-corrected chi connectivity index (χ0v) is 11.8. The molecule has 1 rings (SSSR count). The number of primary amides is 1. The molecule has 0 radical (unpaired) electrons. The lowest BCUT2D eigenvalue weighted by molar-refractivity contribution is -0.386. The Balaban J connectivity index is 3.30. The number of nitrogens with two attached hydrogens (primary N) is 1. The summed E-state index contributed by atoms with van der Waals surface area (Å²) < 4.78 is 22.7. The molecule has 0 aliphatic heterocycles. The molecule has 10 heteroatoms. The number of hydrogen-bond acceptors (Lipinski definition) is 7. The van der Waals surface area contributed by atoms with E-state index in [1.165, 1.54) is 0 Å². The predicted octanol–water partition coefficient (Wildman–Crippen LogP) is -0.732. The standard InChI is InChI=1S/C11H14N2O7S/c1-21(19,20)6-2-3-7(8(4-6)13(17)18)11(16)9(14)5-10(12)15/h2-4,9,11,14,16H,5H2,1H3,(H2,12,15). The highest BCUT2D eigenvalue weighted by Crippen LogP contribution is 2.30. The van der Waals surface area contributed by atoms with E-state index in [1.807, 2.05) is 0 Å².